The molecule has 0 aliphatic carbocycles. The Hall–Kier alpha value is -2.33. The first-order chi connectivity index (χ1) is 11.7. The van der Waals surface area contributed by atoms with Gasteiger partial charge in [-0.25, -0.2) is 0 Å². The van der Waals surface area contributed by atoms with Gasteiger partial charge in [0.15, 0.2) is 5.11 Å². The summed E-state index contributed by atoms with van der Waals surface area (Å²) in [4.78, 5) is 2.05. The van der Waals surface area contributed by atoms with Gasteiger partial charge in [-0.3, -0.25) is 0 Å². The van der Waals surface area contributed by atoms with Gasteiger partial charge in [-0.1, -0.05) is 30.3 Å². The van der Waals surface area contributed by atoms with Gasteiger partial charge >= 0.3 is 0 Å². The zero-order chi connectivity index (χ0) is 17.1. The number of hydrogen-bond donors (Lipinski definition) is 1. The highest BCUT2D eigenvalue weighted by Crippen LogP contribution is 2.29. The molecule has 124 valence electrons. The van der Waals surface area contributed by atoms with Crippen molar-refractivity contribution < 1.29 is 0 Å². The molecule has 0 saturated heterocycles. The van der Waals surface area contributed by atoms with Crippen LogP contribution in [0, 0.1) is 0 Å². The number of aryl methyl sites for hydroxylation is 1. The molecule has 0 amide bonds. The summed E-state index contributed by atoms with van der Waals surface area (Å²) in [6.45, 7) is 8.34. The van der Waals surface area contributed by atoms with Gasteiger partial charge in [0.05, 0.1) is 0 Å². The van der Waals surface area contributed by atoms with E-state index in [2.05, 4.69) is 70.8 Å². The molecule has 3 aromatic rings. The number of nitrogens with one attached hydrogen (secondary N) is 1. The molecule has 0 radical (unpaired) electrons. The van der Waals surface area contributed by atoms with Crippen LogP contribution >= 0.6 is 12.2 Å². The quantitative estimate of drug-likeness (QED) is 0.553. The molecule has 1 aromatic heterocycles. The highest BCUT2D eigenvalue weighted by molar-refractivity contribution is 7.80. The van der Waals surface area contributed by atoms with Gasteiger partial charge in [0, 0.05) is 48.5 Å². The van der Waals surface area contributed by atoms with Crippen LogP contribution in [0.1, 0.15) is 12.5 Å². The maximum atomic E-state index is 5.40. The van der Waals surface area contributed by atoms with Crippen LogP contribution in [0.15, 0.2) is 55.1 Å². The standard InChI is InChI=1S/C20H23N3S/c1-4-12-21-20(24)22(3)14-15-10-11-19-17(13-15)16-8-6-7-9-18(16)23(19)5-2/h4,6-11,13H,1,5,12,14H2,2-3H3,(H,21,24). The lowest BCUT2D eigenvalue weighted by molar-refractivity contribution is 0.492. The van der Waals surface area contributed by atoms with Crippen molar-refractivity contribution in [2.24, 2.45) is 0 Å². The van der Waals surface area contributed by atoms with E-state index in [1.54, 1.807) is 0 Å². The summed E-state index contributed by atoms with van der Waals surface area (Å²) < 4.78 is 2.37. The van der Waals surface area contributed by atoms with Crippen LogP contribution < -0.4 is 5.32 Å². The van der Waals surface area contributed by atoms with E-state index in [1.165, 1.54) is 27.4 Å². The Labute approximate surface area is 148 Å². The average molecular weight is 337 g/mol. The van der Waals surface area contributed by atoms with Crippen molar-refractivity contribution in [1.29, 1.82) is 0 Å². The van der Waals surface area contributed by atoms with E-state index in [0.717, 1.165) is 18.2 Å². The SMILES string of the molecule is C=CCNC(=S)N(C)Cc1ccc2c(c1)c1ccccc1n2CC. The molecule has 3 nitrogen and oxygen atoms in total. The number of thiocarbonyl (C=S) groups is 1. The van der Waals surface area contributed by atoms with Crippen LogP contribution in [0.3, 0.4) is 0 Å². The zero-order valence-electron chi connectivity index (χ0n) is 14.2. The Bertz CT molecular complexity index is 894. The molecule has 1 N–H and O–H groups in total. The largest absolute Gasteiger partial charge is 0.359 e. The molecule has 0 aliphatic heterocycles. The van der Waals surface area contributed by atoms with Crippen molar-refractivity contribution in [3.63, 3.8) is 0 Å². The molecule has 0 bridgehead atoms. The molecule has 4 heteroatoms. The zero-order valence-corrected chi connectivity index (χ0v) is 15.1. The normalized spacial score (nSPS) is 10.9. The molecular weight excluding hydrogens is 314 g/mol. The van der Waals surface area contributed by atoms with Gasteiger partial charge in [0.25, 0.3) is 0 Å². The minimum Gasteiger partial charge on any atom is -0.359 e. The van der Waals surface area contributed by atoms with Crippen molar-refractivity contribution in [3.8, 4) is 0 Å². The maximum absolute atomic E-state index is 5.40. The molecule has 0 unspecified atom stereocenters. The average Bonchev–Trinajstić information content (AvgIpc) is 2.92. The second-order valence-electron chi connectivity index (χ2n) is 5.94. The van der Waals surface area contributed by atoms with E-state index in [9.17, 15) is 0 Å². The van der Waals surface area contributed by atoms with Crippen LogP contribution in [0.5, 0.6) is 0 Å². The number of para-hydroxylation sites is 1. The summed E-state index contributed by atoms with van der Waals surface area (Å²) >= 11 is 5.40. The Balaban J connectivity index is 1.95. The highest BCUT2D eigenvalue weighted by atomic mass is 32.1. The highest BCUT2D eigenvalue weighted by Gasteiger charge is 2.11. The molecule has 24 heavy (non-hydrogen) atoms. The molecule has 1 heterocycles. The van der Waals surface area contributed by atoms with Crippen LogP contribution in [-0.2, 0) is 13.1 Å². The molecule has 0 aliphatic rings. The summed E-state index contributed by atoms with van der Waals surface area (Å²) in [5.41, 5.74) is 3.84. The Morgan fingerprint density at radius 3 is 2.71 bits per heavy atom. The molecule has 0 fully saturated rings. The minimum absolute atomic E-state index is 0.687. The predicted molar refractivity (Wildman–Crippen MR) is 107 cm³/mol. The van der Waals surface area contributed by atoms with Crippen molar-refractivity contribution in [2.45, 2.75) is 20.0 Å². The smallest absolute Gasteiger partial charge is 0.169 e. The Morgan fingerprint density at radius 2 is 1.96 bits per heavy atom. The molecule has 2 aromatic carbocycles. The van der Waals surface area contributed by atoms with Crippen LogP contribution in [-0.4, -0.2) is 28.2 Å². The first-order valence-corrected chi connectivity index (χ1v) is 8.66. The van der Waals surface area contributed by atoms with Crippen molar-refractivity contribution in [1.82, 2.24) is 14.8 Å². The van der Waals surface area contributed by atoms with E-state index >= 15 is 0 Å². The minimum atomic E-state index is 0.687. The third-order valence-electron chi connectivity index (χ3n) is 4.32. The summed E-state index contributed by atoms with van der Waals surface area (Å²) in [6, 6.07) is 15.3. The summed E-state index contributed by atoms with van der Waals surface area (Å²) in [5.74, 6) is 0. The third-order valence-corrected chi connectivity index (χ3v) is 4.77. The molecule has 3 rings (SSSR count). The number of hydrogen-bond acceptors (Lipinski definition) is 1. The van der Waals surface area contributed by atoms with Crippen LogP contribution in [0.4, 0.5) is 0 Å². The Kier molecular flexibility index (Phi) is 4.86. The van der Waals surface area contributed by atoms with Gasteiger partial charge in [-0.05, 0) is 42.9 Å². The second-order valence-corrected chi connectivity index (χ2v) is 6.33. The van der Waals surface area contributed by atoms with E-state index in [4.69, 9.17) is 12.2 Å². The van der Waals surface area contributed by atoms with E-state index < -0.39 is 0 Å². The fourth-order valence-electron chi connectivity index (χ4n) is 3.18. The first-order valence-electron chi connectivity index (χ1n) is 8.25. The number of nitrogens with zero attached hydrogens (tertiary/aromatic N) is 2. The topological polar surface area (TPSA) is 20.2 Å². The van der Waals surface area contributed by atoms with Crippen molar-refractivity contribution >= 4 is 39.1 Å². The maximum Gasteiger partial charge on any atom is 0.169 e. The lowest BCUT2D eigenvalue weighted by Gasteiger charge is -2.20. The lowest BCUT2D eigenvalue weighted by Crippen LogP contribution is -2.36. The Morgan fingerprint density at radius 1 is 1.21 bits per heavy atom. The van der Waals surface area contributed by atoms with E-state index in [0.29, 0.717) is 6.54 Å². The van der Waals surface area contributed by atoms with Gasteiger partial charge < -0.3 is 14.8 Å². The fourth-order valence-corrected chi connectivity index (χ4v) is 3.33. The van der Waals surface area contributed by atoms with E-state index in [-0.39, 0.29) is 0 Å². The monoisotopic (exact) mass is 337 g/mol. The number of benzene rings is 2. The number of fused-ring (bicyclic) bond motifs is 3. The summed E-state index contributed by atoms with van der Waals surface area (Å²) in [5, 5.41) is 6.53. The van der Waals surface area contributed by atoms with Crippen molar-refractivity contribution in [2.75, 3.05) is 13.6 Å². The number of rotatable bonds is 5. The van der Waals surface area contributed by atoms with Gasteiger partial charge in [0.1, 0.15) is 0 Å². The number of aromatic nitrogens is 1. The van der Waals surface area contributed by atoms with Crippen LogP contribution in [0.25, 0.3) is 21.8 Å². The second kappa shape index (κ2) is 7.05. The molecule has 0 atom stereocenters. The third kappa shape index (κ3) is 3.02. The van der Waals surface area contributed by atoms with E-state index in [1.807, 2.05) is 13.1 Å². The van der Waals surface area contributed by atoms with Crippen molar-refractivity contribution in [3.05, 3.63) is 60.7 Å². The van der Waals surface area contributed by atoms with Gasteiger partial charge in [0.2, 0.25) is 0 Å². The molecular formula is C20H23N3S. The lowest BCUT2D eigenvalue weighted by atomic mass is 10.1. The van der Waals surface area contributed by atoms with Gasteiger partial charge in [-0.2, -0.15) is 0 Å². The molecule has 0 spiro atoms. The summed E-state index contributed by atoms with van der Waals surface area (Å²) in [6.07, 6.45) is 1.81. The fraction of sp³-hybridized carbons (Fsp3) is 0.250. The first kappa shape index (κ1) is 16.5. The molecule has 0 saturated carbocycles. The predicted octanol–water partition coefficient (Wildman–Crippen LogP) is 4.31. The summed E-state index contributed by atoms with van der Waals surface area (Å²) in [7, 11) is 2.01. The van der Waals surface area contributed by atoms with Crippen LogP contribution in [0.2, 0.25) is 0 Å². The van der Waals surface area contributed by atoms with Gasteiger partial charge in [-0.15, -0.1) is 6.58 Å².